The predicted molar refractivity (Wildman–Crippen MR) is 131 cm³/mol. The first kappa shape index (κ1) is 23.1. The Balaban J connectivity index is 1.62. The molecule has 0 aliphatic carbocycles. The SMILES string of the molecule is COc1cccc(-n2ccnc2SCC(=O)c2c(N)n(Cc3ccccc3)c(=O)n(C)c2=O)c1. The van der Waals surface area contributed by atoms with Crippen LogP contribution in [0.25, 0.3) is 5.69 Å². The van der Waals surface area contributed by atoms with Gasteiger partial charge in [-0.3, -0.25) is 23.3 Å². The zero-order valence-corrected chi connectivity index (χ0v) is 19.5. The van der Waals surface area contributed by atoms with Crippen LogP contribution in [-0.4, -0.2) is 37.3 Å². The smallest absolute Gasteiger partial charge is 0.332 e. The van der Waals surface area contributed by atoms with Crippen LogP contribution in [-0.2, 0) is 13.6 Å². The maximum atomic E-state index is 13.1. The van der Waals surface area contributed by atoms with E-state index in [0.717, 1.165) is 15.8 Å². The average molecular weight is 478 g/mol. The fraction of sp³-hybridized carbons (Fsp3) is 0.167. The maximum absolute atomic E-state index is 13.1. The van der Waals surface area contributed by atoms with Crippen LogP contribution in [0.2, 0.25) is 0 Å². The summed E-state index contributed by atoms with van der Waals surface area (Å²) in [6, 6.07) is 16.6. The highest BCUT2D eigenvalue weighted by molar-refractivity contribution is 7.99. The first-order valence-corrected chi connectivity index (χ1v) is 11.4. The highest BCUT2D eigenvalue weighted by Gasteiger charge is 2.22. The van der Waals surface area contributed by atoms with Crippen molar-refractivity contribution in [1.82, 2.24) is 18.7 Å². The minimum atomic E-state index is -0.714. The monoisotopic (exact) mass is 477 g/mol. The molecule has 0 amide bonds. The van der Waals surface area contributed by atoms with Gasteiger partial charge < -0.3 is 10.5 Å². The number of carbonyl (C=O) groups excluding carboxylic acids is 1. The summed E-state index contributed by atoms with van der Waals surface area (Å²) in [6.45, 7) is 0.146. The molecule has 2 aromatic carbocycles. The van der Waals surface area contributed by atoms with Crippen LogP contribution in [0.15, 0.2) is 81.7 Å². The van der Waals surface area contributed by atoms with Gasteiger partial charge in [0.15, 0.2) is 10.9 Å². The topological polar surface area (TPSA) is 114 Å². The van der Waals surface area contributed by atoms with Crippen molar-refractivity contribution in [3.8, 4) is 11.4 Å². The van der Waals surface area contributed by atoms with Gasteiger partial charge in [-0.2, -0.15) is 0 Å². The van der Waals surface area contributed by atoms with Crippen LogP contribution in [0.5, 0.6) is 5.75 Å². The summed E-state index contributed by atoms with van der Waals surface area (Å²) in [7, 11) is 2.93. The number of rotatable bonds is 8. The number of hydrogen-bond acceptors (Lipinski definition) is 7. The Morgan fingerprint density at radius 3 is 2.62 bits per heavy atom. The van der Waals surface area contributed by atoms with E-state index in [1.54, 1.807) is 19.5 Å². The lowest BCUT2D eigenvalue weighted by Gasteiger charge is -2.15. The van der Waals surface area contributed by atoms with Crippen LogP contribution < -0.4 is 21.7 Å². The van der Waals surface area contributed by atoms with E-state index in [-0.39, 0.29) is 23.7 Å². The second-order valence-electron chi connectivity index (χ2n) is 7.47. The van der Waals surface area contributed by atoms with E-state index >= 15 is 0 Å². The van der Waals surface area contributed by atoms with E-state index in [2.05, 4.69) is 4.98 Å². The fourth-order valence-corrected chi connectivity index (χ4v) is 4.37. The predicted octanol–water partition coefficient (Wildman–Crippen LogP) is 2.35. The molecule has 0 atom stereocenters. The molecule has 4 aromatic rings. The number of hydrogen-bond donors (Lipinski definition) is 1. The molecule has 0 fully saturated rings. The average Bonchev–Trinajstić information content (AvgIpc) is 3.33. The molecule has 0 spiro atoms. The van der Waals surface area contributed by atoms with Crippen molar-refractivity contribution in [3.05, 3.63) is 99.0 Å². The summed E-state index contributed by atoms with van der Waals surface area (Å²) in [5.41, 5.74) is 6.33. The molecule has 10 heteroatoms. The number of aromatic nitrogens is 4. The van der Waals surface area contributed by atoms with Crippen molar-refractivity contribution in [1.29, 1.82) is 0 Å². The molecular weight excluding hydrogens is 454 g/mol. The number of nitrogen functional groups attached to an aromatic ring is 1. The van der Waals surface area contributed by atoms with Gasteiger partial charge in [0, 0.05) is 25.5 Å². The molecule has 174 valence electrons. The van der Waals surface area contributed by atoms with Crippen molar-refractivity contribution < 1.29 is 9.53 Å². The maximum Gasteiger partial charge on any atom is 0.332 e. The fourth-order valence-electron chi connectivity index (χ4n) is 3.52. The quantitative estimate of drug-likeness (QED) is 0.306. The van der Waals surface area contributed by atoms with E-state index in [1.807, 2.05) is 59.2 Å². The molecule has 4 rings (SSSR count). The molecule has 2 heterocycles. The number of anilines is 1. The molecule has 0 aliphatic heterocycles. The van der Waals surface area contributed by atoms with Crippen LogP contribution in [0.1, 0.15) is 15.9 Å². The third kappa shape index (κ3) is 4.53. The number of benzene rings is 2. The molecule has 2 N–H and O–H groups in total. The van der Waals surface area contributed by atoms with E-state index in [1.165, 1.54) is 23.4 Å². The summed E-state index contributed by atoms with van der Waals surface area (Å²) in [5.74, 6) is -0.0109. The number of ether oxygens (including phenoxy) is 1. The Morgan fingerprint density at radius 2 is 1.88 bits per heavy atom. The van der Waals surface area contributed by atoms with Crippen molar-refractivity contribution in [2.75, 3.05) is 18.6 Å². The summed E-state index contributed by atoms with van der Waals surface area (Å²) < 4.78 is 9.25. The van der Waals surface area contributed by atoms with Gasteiger partial charge in [-0.15, -0.1) is 0 Å². The first-order valence-electron chi connectivity index (χ1n) is 10.4. The Kier molecular flexibility index (Phi) is 6.69. The zero-order chi connectivity index (χ0) is 24.2. The number of methoxy groups -OCH3 is 1. The number of carbonyl (C=O) groups is 1. The number of ketones is 1. The van der Waals surface area contributed by atoms with Crippen molar-refractivity contribution in [2.24, 2.45) is 7.05 Å². The van der Waals surface area contributed by atoms with E-state index in [0.29, 0.717) is 10.9 Å². The Labute approximate surface area is 199 Å². The van der Waals surface area contributed by atoms with Crippen molar-refractivity contribution in [3.63, 3.8) is 0 Å². The van der Waals surface area contributed by atoms with Crippen LogP contribution >= 0.6 is 11.8 Å². The highest BCUT2D eigenvalue weighted by Crippen LogP contribution is 2.24. The van der Waals surface area contributed by atoms with Crippen LogP contribution in [0, 0.1) is 0 Å². The number of Topliss-reactive ketones (excluding diaryl/α,β-unsaturated/α-hetero) is 1. The third-order valence-electron chi connectivity index (χ3n) is 5.32. The number of nitrogens with two attached hydrogens (primary N) is 1. The minimum absolute atomic E-state index is 0.0794. The Morgan fingerprint density at radius 1 is 1.12 bits per heavy atom. The zero-order valence-electron chi connectivity index (χ0n) is 18.7. The molecular formula is C24H23N5O4S. The largest absolute Gasteiger partial charge is 0.497 e. The van der Waals surface area contributed by atoms with Gasteiger partial charge in [0.1, 0.15) is 17.1 Å². The lowest BCUT2D eigenvalue weighted by atomic mass is 10.2. The van der Waals surface area contributed by atoms with Crippen molar-refractivity contribution in [2.45, 2.75) is 11.7 Å². The second-order valence-corrected chi connectivity index (χ2v) is 8.41. The van der Waals surface area contributed by atoms with Crippen LogP contribution in [0.3, 0.4) is 0 Å². The molecule has 0 aliphatic rings. The summed E-state index contributed by atoms with van der Waals surface area (Å²) in [6.07, 6.45) is 3.40. The van der Waals surface area contributed by atoms with E-state index in [4.69, 9.17) is 10.5 Å². The Hall–Kier alpha value is -4.05. The molecule has 0 saturated carbocycles. The number of nitrogens with zero attached hydrogens (tertiary/aromatic N) is 4. The second kappa shape index (κ2) is 9.84. The van der Waals surface area contributed by atoms with Gasteiger partial charge in [0.05, 0.1) is 25.1 Å². The van der Waals surface area contributed by atoms with Gasteiger partial charge >= 0.3 is 5.69 Å². The molecule has 0 bridgehead atoms. The van der Waals surface area contributed by atoms with Gasteiger partial charge in [-0.05, 0) is 17.7 Å². The van der Waals surface area contributed by atoms with E-state index < -0.39 is 17.0 Å². The van der Waals surface area contributed by atoms with Gasteiger partial charge in [-0.1, -0.05) is 48.2 Å². The summed E-state index contributed by atoms with van der Waals surface area (Å²) in [4.78, 5) is 42.9. The summed E-state index contributed by atoms with van der Waals surface area (Å²) >= 11 is 1.17. The minimum Gasteiger partial charge on any atom is -0.497 e. The van der Waals surface area contributed by atoms with Gasteiger partial charge in [-0.25, -0.2) is 9.78 Å². The Bertz CT molecular complexity index is 1460. The molecule has 2 aromatic heterocycles. The third-order valence-corrected chi connectivity index (χ3v) is 6.28. The normalized spacial score (nSPS) is 10.9. The molecule has 9 nitrogen and oxygen atoms in total. The highest BCUT2D eigenvalue weighted by atomic mass is 32.2. The van der Waals surface area contributed by atoms with E-state index in [9.17, 15) is 14.4 Å². The standard InChI is InChI=1S/C24H23N5O4S/c1-27-22(31)20(21(25)29(24(27)32)14-16-7-4-3-5-8-16)19(30)15-34-23-26-11-12-28(23)17-9-6-10-18(13-17)33-2/h3-13H,14-15,25H2,1-2H3. The number of thioether (sulfide) groups is 1. The van der Waals surface area contributed by atoms with Crippen LogP contribution in [0.4, 0.5) is 5.82 Å². The lowest BCUT2D eigenvalue weighted by Crippen LogP contribution is -2.43. The molecule has 0 unspecified atom stereocenters. The molecule has 0 saturated heterocycles. The lowest BCUT2D eigenvalue weighted by molar-refractivity contribution is 0.102. The number of imidazole rings is 1. The summed E-state index contributed by atoms with van der Waals surface area (Å²) in [5, 5.41) is 0.564. The van der Waals surface area contributed by atoms with Crippen molar-refractivity contribution >= 4 is 23.4 Å². The van der Waals surface area contributed by atoms with Gasteiger partial charge in [0.25, 0.3) is 5.56 Å². The molecule has 0 radical (unpaired) electrons. The molecule has 34 heavy (non-hydrogen) atoms. The van der Waals surface area contributed by atoms with Gasteiger partial charge in [0.2, 0.25) is 0 Å². The first-order chi connectivity index (χ1) is 16.4.